The molecule has 0 spiro atoms. The minimum absolute atomic E-state index is 0.0215. The van der Waals surface area contributed by atoms with E-state index in [1.54, 1.807) is 19.1 Å². The van der Waals surface area contributed by atoms with Crippen molar-refractivity contribution in [1.82, 2.24) is 4.98 Å². The van der Waals surface area contributed by atoms with Gasteiger partial charge in [0.25, 0.3) is 5.91 Å². The molecule has 1 saturated heterocycles. The Morgan fingerprint density at radius 2 is 1.70 bits per heavy atom. The zero-order chi connectivity index (χ0) is 26.8. The number of rotatable bonds is 6. The van der Waals surface area contributed by atoms with Crippen molar-refractivity contribution >= 4 is 28.8 Å². The van der Waals surface area contributed by atoms with E-state index in [-0.39, 0.29) is 17.0 Å². The van der Waals surface area contributed by atoms with Crippen molar-refractivity contribution in [2.75, 3.05) is 41.5 Å². The number of Topliss-reactive ketones (excluding diaryl/α,β-unsaturated/α-hetero) is 1. The number of benzene rings is 1. The molecular weight excluding hydrogens is 475 g/mol. The van der Waals surface area contributed by atoms with Gasteiger partial charge >= 0.3 is 0 Å². The van der Waals surface area contributed by atoms with Crippen molar-refractivity contribution in [3.63, 3.8) is 0 Å². The lowest BCUT2D eigenvalue weighted by atomic mass is 10.0. The Balaban J connectivity index is 0.000000555. The van der Waals surface area contributed by atoms with Gasteiger partial charge in [-0.1, -0.05) is 38.5 Å². The number of hydrogen-bond donors (Lipinski definition) is 3. The number of nitrogens with zero attached hydrogens (tertiary/aromatic N) is 3. The molecule has 2 aliphatic rings. The van der Waals surface area contributed by atoms with E-state index in [1.807, 2.05) is 4.90 Å². The van der Waals surface area contributed by atoms with E-state index in [9.17, 15) is 14.0 Å². The second kappa shape index (κ2) is 13.7. The fraction of sp³-hybridized carbons (Fsp3) is 0.444. The summed E-state index contributed by atoms with van der Waals surface area (Å²) in [6.45, 7) is 5.39. The molecule has 200 valence electrons. The molecule has 1 aliphatic heterocycles. The van der Waals surface area contributed by atoms with Crippen molar-refractivity contribution < 1.29 is 18.7 Å². The van der Waals surface area contributed by atoms with Crippen LogP contribution >= 0.6 is 0 Å². The highest BCUT2D eigenvalue weighted by atomic mass is 19.1. The second-order valence-corrected chi connectivity index (χ2v) is 9.25. The number of nitrogens with two attached hydrogens (primary N) is 2. The number of hydrazine groups is 1. The molecule has 2 fully saturated rings. The number of carbonyl (C=O) groups is 2. The number of pyridine rings is 1. The van der Waals surface area contributed by atoms with Gasteiger partial charge in [0.15, 0.2) is 5.78 Å². The summed E-state index contributed by atoms with van der Waals surface area (Å²) in [4.78, 5) is 30.3. The molecule has 0 bridgehead atoms. The number of aryl methyl sites for hydroxylation is 1. The zero-order valence-electron chi connectivity index (χ0n) is 21.6. The number of allylic oxidation sites excluding steroid dienone is 1. The minimum Gasteiger partial charge on any atom is -0.395 e. The predicted molar refractivity (Wildman–Crippen MR) is 144 cm³/mol. The number of ketones is 1. The number of nitrogens with one attached hydrogen (secondary N) is 1. The quantitative estimate of drug-likeness (QED) is 0.301. The molecule has 0 unspecified atom stereocenters. The molecule has 5 N–H and O–H groups in total. The van der Waals surface area contributed by atoms with E-state index in [0.29, 0.717) is 49.1 Å². The largest absolute Gasteiger partial charge is 0.395 e. The van der Waals surface area contributed by atoms with E-state index in [1.165, 1.54) is 70.0 Å². The second-order valence-electron chi connectivity index (χ2n) is 9.25. The number of amides is 1. The SMILES string of the molecule is C1CCCCC1.CC(=O)/C(N)=C/N(N)c1cc(NC(=O)c2cc(F)cc(N3CCOCC3)c2)cnc1C. The average molecular weight is 513 g/mol. The number of halogens is 1. The molecule has 1 aliphatic carbocycles. The molecule has 9 nitrogen and oxygen atoms in total. The summed E-state index contributed by atoms with van der Waals surface area (Å²) in [5.41, 5.74) is 7.77. The van der Waals surface area contributed by atoms with E-state index >= 15 is 0 Å². The van der Waals surface area contributed by atoms with Crippen molar-refractivity contribution in [1.29, 1.82) is 0 Å². The lowest BCUT2D eigenvalue weighted by Gasteiger charge is -2.29. The van der Waals surface area contributed by atoms with Crippen LogP contribution < -0.4 is 26.8 Å². The number of aromatic nitrogens is 1. The standard InChI is InChI=1S/C21H25FN6O3.C6H12/c1-13-20(28(24)12-19(23)14(2)29)10-17(11-25-13)26-21(30)15-7-16(22)9-18(8-15)27-3-5-31-6-4-27;1-2-4-6-5-3-1/h7-12H,3-6,23-24H2,1-2H3,(H,26,30);1-6H2/b19-12-;. The smallest absolute Gasteiger partial charge is 0.255 e. The van der Waals surface area contributed by atoms with Gasteiger partial charge in [0.05, 0.1) is 42.2 Å². The average Bonchev–Trinajstić information content (AvgIpc) is 2.91. The van der Waals surface area contributed by atoms with Gasteiger partial charge in [0.1, 0.15) is 5.82 Å². The van der Waals surface area contributed by atoms with Crippen LogP contribution in [-0.2, 0) is 9.53 Å². The molecule has 2 heterocycles. The molecule has 2 aromatic rings. The van der Waals surface area contributed by atoms with Crippen LogP contribution in [0.15, 0.2) is 42.4 Å². The highest BCUT2D eigenvalue weighted by molar-refractivity contribution is 6.05. The Morgan fingerprint density at radius 3 is 2.30 bits per heavy atom. The molecule has 1 aromatic heterocycles. The Morgan fingerprint density at radius 1 is 1.08 bits per heavy atom. The van der Waals surface area contributed by atoms with Gasteiger partial charge in [-0.3, -0.25) is 19.6 Å². The summed E-state index contributed by atoms with van der Waals surface area (Å²) in [6.07, 6.45) is 11.7. The van der Waals surface area contributed by atoms with Crippen molar-refractivity contribution in [3.05, 3.63) is 59.4 Å². The van der Waals surface area contributed by atoms with Gasteiger partial charge in [-0.15, -0.1) is 0 Å². The molecule has 0 radical (unpaired) electrons. The first-order valence-corrected chi connectivity index (χ1v) is 12.7. The first-order chi connectivity index (χ1) is 17.7. The normalized spacial score (nSPS) is 15.9. The van der Waals surface area contributed by atoms with Gasteiger partial charge in [-0.2, -0.15) is 0 Å². The molecular formula is C27H37FN6O3. The van der Waals surface area contributed by atoms with Crippen LogP contribution in [0.2, 0.25) is 0 Å². The van der Waals surface area contributed by atoms with Crippen molar-refractivity contribution in [3.8, 4) is 0 Å². The number of carbonyl (C=O) groups excluding carboxylic acids is 2. The number of ether oxygens (including phenoxy) is 1. The zero-order valence-corrected chi connectivity index (χ0v) is 21.6. The number of hydrogen-bond acceptors (Lipinski definition) is 8. The summed E-state index contributed by atoms with van der Waals surface area (Å²) < 4.78 is 19.5. The maximum atomic E-state index is 14.2. The van der Waals surface area contributed by atoms with E-state index in [0.717, 1.165) is 5.01 Å². The molecule has 37 heavy (non-hydrogen) atoms. The predicted octanol–water partition coefficient (Wildman–Crippen LogP) is 4.03. The van der Waals surface area contributed by atoms with Gasteiger partial charge in [0.2, 0.25) is 0 Å². The maximum Gasteiger partial charge on any atom is 0.255 e. The summed E-state index contributed by atoms with van der Waals surface area (Å²) in [5, 5.41) is 3.86. The summed E-state index contributed by atoms with van der Waals surface area (Å²) in [5.74, 6) is 4.65. The van der Waals surface area contributed by atoms with Crippen LogP contribution in [0.1, 0.15) is 61.5 Å². The Labute approximate surface area is 217 Å². The first kappa shape index (κ1) is 28.1. The van der Waals surface area contributed by atoms with Gasteiger partial charge < -0.3 is 20.7 Å². The third-order valence-electron chi connectivity index (χ3n) is 6.30. The van der Waals surface area contributed by atoms with Crippen molar-refractivity contribution in [2.45, 2.75) is 52.4 Å². The van der Waals surface area contributed by atoms with E-state index in [2.05, 4.69) is 10.3 Å². The van der Waals surface area contributed by atoms with Gasteiger partial charge in [-0.25, -0.2) is 10.2 Å². The highest BCUT2D eigenvalue weighted by Gasteiger charge is 2.16. The number of morpholine rings is 1. The topological polar surface area (TPSA) is 127 Å². The molecule has 0 atom stereocenters. The van der Waals surface area contributed by atoms with Crippen LogP contribution in [0, 0.1) is 12.7 Å². The molecule has 10 heteroatoms. The molecule has 1 aromatic carbocycles. The lowest BCUT2D eigenvalue weighted by molar-refractivity contribution is -0.113. The fourth-order valence-corrected chi connectivity index (χ4v) is 4.13. The van der Waals surface area contributed by atoms with Gasteiger partial charge in [0, 0.05) is 37.5 Å². The van der Waals surface area contributed by atoms with Crippen LogP contribution in [0.3, 0.4) is 0 Å². The van der Waals surface area contributed by atoms with E-state index in [4.69, 9.17) is 16.3 Å². The Hall–Kier alpha value is -3.50. The first-order valence-electron chi connectivity index (χ1n) is 12.7. The fourth-order valence-electron chi connectivity index (χ4n) is 4.13. The number of anilines is 3. The van der Waals surface area contributed by atoms with Gasteiger partial charge in [-0.05, 0) is 31.2 Å². The third-order valence-corrected chi connectivity index (χ3v) is 6.30. The Bertz CT molecular complexity index is 1100. The summed E-state index contributed by atoms with van der Waals surface area (Å²) in [6, 6.07) is 5.79. The van der Waals surface area contributed by atoms with Crippen LogP contribution in [0.5, 0.6) is 0 Å². The maximum absolute atomic E-state index is 14.2. The van der Waals surface area contributed by atoms with Crippen LogP contribution in [0.25, 0.3) is 0 Å². The third kappa shape index (κ3) is 8.54. The van der Waals surface area contributed by atoms with Crippen LogP contribution in [0.4, 0.5) is 21.5 Å². The summed E-state index contributed by atoms with van der Waals surface area (Å²) >= 11 is 0. The minimum atomic E-state index is -0.505. The molecule has 1 saturated carbocycles. The monoisotopic (exact) mass is 512 g/mol. The Kier molecular flexibility index (Phi) is 10.4. The van der Waals surface area contributed by atoms with Crippen molar-refractivity contribution in [2.24, 2.45) is 11.6 Å². The molecule has 4 rings (SSSR count). The molecule has 1 amide bonds. The van der Waals surface area contributed by atoms with Crippen LogP contribution in [-0.4, -0.2) is 43.0 Å². The lowest BCUT2D eigenvalue weighted by Crippen LogP contribution is -2.36. The highest BCUT2D eigenvalue weighted by Crippen LogP contribution is 2.23. The van der Waals surface area contributed by atoms with E-state index < -0.39 is 11.7 Å². The summed E-state index contributed by atoms with van der Waals surface area (Å²) in [7, 11) is 0.